The third-order valence-corrected chi connectivity index (χ3v) is 4.72. The van der Waals surface area contributed by atoms with Crippen LogP contribution in [0.1, 0.15) is 47.0 Å². The van der Waals surface area contributed by atoms with Crippen molar-refractivity contribution in [1.82, 2.24) is 10.2 Å². The van der Waals surface area contributed by atoms with E-state index in [0.717, 1.165) is 19.7 Å². The van der Waals surface area contributed by atoms with Gasteiger partial charge >= 0.3 is 0 Å². The topological polar surface area (TPSA) is 24.5 Å². The first kappa shape index (κ1) is 14.3. The molecule has 0 radical (unpaired) electrons. The van der Waals surface area contributed by atoms with Crippen molar-refractivity contribution in [2.24, 2.45) is 5.92 Å². The summed E-state index contributed by atoms with van der Waals surface area (Å²) < 4.78 is 5.90. The highest BCUT2D eigenvalue weighted by Crippen LogP contribution is 2.32. The molecule has 2 aliphatic rings. The molecule has 4 unspecified atom stereocenters. The average Bonchev–Trinajstić information content (AvgIpc) is 2.82. The largest absolute Gasteiger partial charge is 0.375 e. The van der Waals surface area contributed by atoms with Gasteiger partial charge in [0, 0.05) is 24.7 Å². The van der Waals surface area contributed by atoms with Crippen LogP contribution in [-0.4, -0.2) is 48.8 Å². The molecular weight excluding hydrogens is 224 g/mol. The third-order valence-electron chi connectivity index (χ3n) is 4.72. The van der Waals surface area contributed by atoms with Gasteiger partial charge in [0.1, 0.15) is 0 Å². The molecule has 1 heterocycles. The molecule has 0 bridgehead atoms. The van der Waals surface area contributed by atoms with E-state index in [4.69, 9.17) is 4.74 Å². The first-order chi connectivity index (χ1) is 8.59. The molecule has 4 atom stereocenters. The molecule has 1 saturated carbocycles. The molecule has 0 spiro atoms. The number of hydrogen-bond donors (Lipinski definition) is 1. The fraction of sp³-hybridized carbons (Fsp3) is 1.00. The van der Waals surface area contributed by atoms with Gasteiger partial charge in [0.05, 0.1) is 12.7 Å². The summed E-state index contributed by atoms with van der Waals surface area (Å²) in [6.07, 6.45) is 4.47. The quantitative estimate of drug-likeness (QED) is 0.814. The third kappa shape index (κ3) is 3.25. The summed E-state index contributed by atoms with van der Waals surface area (Å²) in [7, 11) is 0. The fourth-order valence-electron chi connectivity index (χ4n) is 3.38. The van der Waals surface area contributed by atoms with Crippen LogP contribution < -0.4 is 5.32 Å². The highest BCUT2D eigenvalue weighted by Gasteiger charge is 2.38. The second-order valence-electron chi connectivity index (χ2n) is 6.43. The van der Waals surface area contributed by atoms with Crippen LogP contribution >= 0.6 is 0 Å². The number of morpholine rings is 1. The van der Waals surface area contributed by atoms with Gasteiger partial charge in [0.2, 0.25) is 0 Å². The number of nitrogens with zero attached hydrogens (tertiary/aromatic N) is 1. The summed E-state index contributed by atoms with van der Waals surface area (Å²) >= 11 is 0. The molecule has 2 fully saturated rings. The van der Waals surface area contributed by atoms with Gasteiger partial charge < -0.3 is 10.1 Å². The SMILES string of the molecule is CC(C)NCC(C)C(C)N1CCOC2CCCC21. The van der Waals surface area contributed by atoms with Crippen molar-refractivity contribution in [3.8, 4) is 0 Å². The van der Waals surface area contributed by atoms with Crippen molar-refractivity contribution in [3.05, 3.63) is 0 Å². The van der Waals surface area contributed by atoms with E-state index in [9.17, 15) is 0 Å². The Balaban J connectivity index is 1.88. The van der Waals surface area contributed by atoms with Crippen LogP contribution in [0.15, 0.2) is 0 Å². The maximum Gasteiger partial charge on any atom is 0.0731 e. The summed E-state index contributed by atoms with van der Waals surface area (Å²) in [5.41, 5.74) is 0. The lowest BCUT2D eigenvalue weighted by Gasteiger charge is -2.43. The molecule has 0 aromatic heterocycles. The van der Waals surface area contributed by atoms with Crippen LogP contribution in [0.25, 0.3) is 0 Å². The Kier molecular flexibility index (Phi) is 5.05. The van der Waals surface area contributed by atoms with Gasteiger partial charge in [-0.3, -0.25) is 4.90 Å². The first-order valence-corrected chi connectivity index (χ1v) is 7.70. The van der Waals surface area contributed by atoms with E-state index in [1.54, 1.807) is 0 Å². The average molecular weight is 254 g/mol. The van der Waals surface area contributed by atoms with E-state index in [0.29, 0.717) is 30.1 Å². The maximum absolute atomic E-state index is 5.90. The molecule has 0 aromatic rings. The molecule has 0 amide bonds. The highest BCUT2D eigenvalue weighted by molar-refractivity contribution is 4.92. The molecule has 1 saturated heterocycles. The van der Waals surface area contributed by atoms with Gasteiger partial charge in [-0.2, -0.15) is 0 Å². The van der Waals surface area contributed by atoms with E-state index in [-0.39, 0.29) is 0 Å². The lowest BCUT2D eigenvalue weighted by Crippen LogP contribution is -2.54. The molecule has 1 aliphatic heterocycles. The Bertz CT molecular complexity index is 257. The van der Waals surface area contributed by atoms with E-state index in [1.807, 2.05) is 0 Å². The zero-order valence-corrected chi connectivity index (χ0v) is 12.5. The van der Waals surface area contributed by atoms with Gasteiger partial charge in [-0.1, -0.05) is 20.8 Å². The summed E-state index contributed by atoms with van der Waals surface area (Å²) in [4.78, 5) is 2.72. The number of nitrogens with one attached hydrogen (secondary N) is 1. The smallest absolute Gasteiger partial charge is 0.0731 e. The highest BCUT2D eigenvalue weighted by atomic mass is 16.5. The van der Waals surface area contributed by atoms with Gasteiger partial charge in [0.25, 0.3) is 0 Å². The summed E-state index contributed by atoms with van der Waals surface area (Å²) in [6, 6.07) is 1.93. The Morgan fingerprint density at radius 1 is 1.22 bits per heavy atom. The Morgan fingerprint density at radius 3 is 2.72 bits per heavy atom. The Hall–Kier alpha value is -0.120. The van der Waals surface area contributed by atoms with Crippen LogP contribution in [0.3, 0.4) is 0 Å². The number of rotatable bonds is 5. The molecule has 18 heavy (non-hydrogen) atoms. The summed E-state index contributed by atoms with van der Waals surface area (Å²) in [6.45, 7) is 12.4. The normalized spacial score (nSPS) is 32.5. The second kappa shape index (κ2) is 6.36. The van der Waals surface area contributed by atoms with Crippen LogP contribution in [0.4, 0.5) is 0 Å². The van der Waals surface area contributed by atoms with Crippen LogP contribution in [0.2, 0.25) is 0 Å². The number of hydrogen-bond acceptors (Lipinski definition) is 3. The zero-order chi connectivity index (χ0) is 13.1. The molecule has 1 N–H and O–H groups in total. The van der Waals surface area contributed by atoms with Crippen LogP contribution in [0.5, 0.6) is 0 Å². The predicted octanol–water partition coefficient (Wildman–Crippen LogP) is 2.26. The van der Waals surface area contributed by atoms with Crippen molar-refractivity contribution in [2.75, 3.05) is 19.7 Å². The van der Waals surface area contributed by atoms with Crippen LogP contribution in [0, 0.1) is 5.92 Å². The molecule has 106 valence electrons. The molecular formula is C15H30N2O. The summed E-state index contributed by atoms with van der Waals surface area (Å²) in [5, 5.41) is 3.57. The predicted molar refractivity (Wildman–Crippen MR) is 75.8 cm³/mol. The first-order valence-electron chi connectivity index (χ1n) is 7.70. The van der Waals surface area contributed by atoms with E-state index in [2.05, 4.69) is 37.9 Å². The fourth-order valence-corrected chi connectivity index (χ4v) is 3.38. The van der Waals surface area contributed by atoms with E-state index >= 15 is 0 Å². The molecule has 2 rings (SSSR count). The van der Waals surface area contributed by atoms with Crippen LogP contribution in [-0.2, 0) is 4.74 Å². The van der Waals surface area contributed by atoms with Crippen molar-refractivity contribution in [1.29, 1.82) is 0 Å². The van der Waals surface area contributed by atoms with Gasteiger partial charge in [0.15, 0.2) is 0 Å². The lowest BCUT2D eigenvalue weighted by atomic mass is 9.98. The standard InChI is InChI=1S/C15H30N2O/c1-11(2)16-10-12(3)13(4)17-8-9-18-15-7-5-6-14(15)17/h11-16H,5-10H2,1-4H3. The monoisotopic (exact) mass is 254 g/mol. The zero-order valence-electron chi connectivity index (χ0n) is 12.5. The van der Waals surface area contributed by atoms with Gasteiger partial charge in [-0.15, -0.1) is 0 Å². The Morgan fingerprint density at radius 2 is 2.00 bits per heavy atom. The Labute approximate surface area is 112 Å². The van der Waals surface area contributed by atoms with Crippen molar-refractivity contribution < 1.29 is 4.74 Å². The molecule has 1 aliphatic carbocycles. The molecule has 0 aromatic carbocycles. The lowest BCUT2D eigenvalue weighted by molar-refractivity contribution is -0.0762. The molecule has 3 heteroatoms. The minimum absolute atomic E-state index is 0.520. The summed E-state index contributed by atoms with van der Waals surface area (Å²) in [5.74, 6) is 0.701. The van der Waals surface area contributed by atoms with Gasteiger partial charge in [-0.25, -0.2) is 0 Å². The molecule has 3 nitrogen and oxygen atoms in total. The number of fused-ring (bicyclic) bond motifs is 1. The number of ether oxygens (including phenoxy) is 1. The maximum atomic E-state index is 5.90. The van der Waals surface area contributed by atoms with E-state index < -0.39 is 0 Å². The van der Waals surface area contributed by atoms with Crippen molar-refractivity contribution in [3.63, 3.8) is 0 Å². The minimum Gasteiger partial charge on any atom is -0.375 e. The van der Waals surface area contributed by atoms with Crippen molar-refractivity contribution >= 4 is 0 Å². The van der Waals surface area contributed by atoms with Gasteiger partial charge in [-0.05, 0) is 38.6 Å². The van der Waals surface area contributed by atoms with E-state index in [1.165, 1.54) is 19.3 Å². The van der Waals surface area contributed by atoms with Crippen molar-refractivity contribution in [2.45, 2.75) is 71.2 Å². The minimum atomic E-state index is 0.520. The second-order valence-corrected chi connectivity index (χ2v) is 6.43.